The van der Waals surface area contributed by atoms with Gasteiger partial charge in [0.15, 0.2) is 0 Å². The molecule has 0 atom stereocenters. The van der Waals surface area contributed by atoms with Crippen molar-refractivity contribution in [2.24, 2.45) is 5.41 Å². The summed E-state index contributed by atoms with van der Waals surface area (Å²) in [6.45, 7) is 3.65. The fourth-order valence-corrected chi connectivity index (χ4v) is 2.69. The van der Waals surface area contributed by atoms with Crippen LogP contribution in [-0.4, -0.2) is 53.0 Å². The van der Waals surface area contributed by atoms with Gasteiger partial charge < -0.3 is 20.1 Å². The van der Waals surface area contributed by atoms with Gasteiger partial charge in [-0.15, -0.1) is 12.4 Å². The number of amides is 1. The molecule has 0 unspecified atom stereocenters. The molecule has 1 amide bonds. The molecule has 0 radical (unpaired) electrons. The molecule has 0 aromatic heterocycles. The first-order chi connectivity index (χ1) is 9.25. The molecule has 120 valence electrons. The second kappa shape index (κ2) is 11.3. The Morgan fingerprint density at radius 3 is 2.30 bits per heavy atom. The quantitative estimate of drug-likeness (QED) is 0.598. The number of hydrogen-bond donors (Lipinski definition) is 2. The average molecular weight is 309 g/mol. The van der Waals surface area contributed by atoms with Crippen LogP contribution >= 0.6 is 12.4 Å². The highest BCUT2D eigenvalue weighted by molar-refractivity contribution is 5.85. The Labute approximate surface area is 128 Å². The molecule has 0 aromatic rings. The summed E-state index contributed by atoms with van der Waals surface area (Å²) in [5.41, 5.74) is -0.178. The van der Waals surface area contributed by atoms with Crippen LogP contribution in [-0.2, 0) is 14.3 Å². The fourth-order valence-electron chi connectivity index (χ4n) is 2.69. The second-order valence-electron chi connectivity index (χ2n) is 5.23. The standard InChI is InChI=1S/C14H28N2O3.ClH/c1-18-11-7-14(5-3-4-6-14)13(17)16-9-8-15-10-12-19-2;/h15H,3-12H2,1-2H3,(H,16,17);1H. The summed E-state index contributed by atoms with van der Waals surface area (Å²) in [6, 6.07) is 0. The summed E-state index contributed by atoms with van der Waals surface area (Å²) in [4.78, 5) is 12.3. The molecule has 5 nitrogen and oxygen atoms in total. The zero-order chi connectivity index (χ0) is 14.0. The summed E-state index contributed by atoms with van der Waals surface area (Å²) < 4.78 is 10.1. The van der Waals surface area contributed by atoms with Crippen molar-refractivity contribution in [3.8, 4) is 0 Å². The first kappa shape index (κ1) is 19.6. The average Bonchev–Trinajstić information content (AvgIpc) is 2.90. The van der Waals surface area contributed by atoms with E-state index in [0.717, 1.165) is 45.2 Å². The molecule has 0 aliphatic heterocycles. The maximum Gasteiger partial charge on any atom is 0.226 e. The molecule has 0 bridgehead atoms. The number of ether oxygens (including phenoxy) is 2. The third-order valence-corrected chi connectivity index (χ3v) is 3.90. The van der Waals surface area contributed by atoms with Gasteiger partial charge in [0.25, 0.3) is 0 Å². The monoisotopic (exact) mass is 308 g/mol. The summed E-state index contributed by atoms with van der Waals surface area (Å²) >= 11 is 0. The van der Waals surface area contributed by atoms with Gasteiger partial charge >= 0.3 is 0 Å². The van der Waals surface area contributed by atoms with Gasteiger partial charge in [0.2, 0.25) is 5.91 Å². The molecule has 0 heterocycles. The molecule has 1 fully saturated rings. The fraction of sp³-hybridized carbons (Fsp3) is 0.929. The summed E-state index contributed by atoms with van der Waals surface area (Å²) in [6.07, 6.45) is 5.15. The highest BCUT2D eigenvalue weighted by atomic mass is 35.5. The van der Waals surface area contributed by atoms with E-state index in [9.17, 15) is 4.79 Å². The van der Waals surface area contributed by atoms with E-state index in [-0.39, 0.29) is 23.7 Å². The highest BCUT2D eigenvalue weighted by Crippen LogP contribution is 2.41. The van der Waals surface area contributed by atoms with E-state index in [1.54, 1.807) is 14.2 Å². The predicted molar refractivity (Wildman–Crippen MR) is 82.4 cm³/mol. The minimum absolute atomic E-state index is 0. The van der Waals surface area contributed by atoms with Crippen LogP contribution in [0.4, 0.5) is 0 Å². The molecule has 0 spiro atoms. The van der Waals surface area contributed by atoms with Crippen molar-refractivity contribution in [1.29, 1.82) is 0 Å². The van der Waals surface area contributed by atoms with Crippen molar-refractivity contribution in [3.63, 3.8) is 0 Å². The van der Waals surface area contributed by atoms with E-state index in [1.807, 2.05) is 0 Å². The molecule has 1 rings (SSSR count). The number of halogens is 1. The Kier molecular flexibility index (Phi) is 11.1. The van der Waals surface area contributed by atoms with E-state index in [0.29, 0.717) is 19.8 Å². The van der Waals surface area contributed by atoms with Crippen molar-refractivity contribution in [3.05, 3.63) is 0 Å². The molecule has 20 heavy (non-hydrogen) atoms. The van der Waals surface area contributed by atoms with Crippen molar-refractivity contribution < 1.29 is 14.3 Å². The summed E-state index contributed by atoms with van der Waals surface area (Å²) in [7, 11) is 3.38. The minimum atomic E-state index is -0.178. The second-order valence-corrected chi connectivity index (χ2v) is 5.23. The zero-order valence-corrected chi connectivity index (χ0v) is 13.5. The lowest BCUT2D eigenvalue weighted by molar-refractivity contribution is -0.131. The van der Waals surface area contributed by atoms with Gasteiger partial charge in [0.05, 0.1) is 12.0 Å². The smallest absolute Gasteiger partial charge is 0.226 e. The Morgan fingerprint density at radius 1 is 1.05 bits per heavy atom. The van der Waals surface area contributed by atoms with Crippen LogP contribution in [0.5, 0.6) is 0 Å². The zero-order valence-electron chi connectivity index (χ0n) is 12.7. The number of nitrogens with one attached hydrogen (secondary N) is 2. The lowest BCUT2D eigenvalue weighted by atomic mass is 9.82. The van der Waals surface area contributed by atoms with Crippen LogP contribution in [0.15, 0.2) is 0 Å². The summed E-state index contributed by atoms with van der Waals surface area (Å²) in [5, 5.41) is 6.28. The largest absolute Gasteiger partial charge is 0.385 e. The molecule has 2 N–H and O–H groups in total. The van der Waals surface area contributed by atoms with Gasteiger partial charge in [0.1, 0.15) is 0 Å². The SMILES string of the molecule is COCCNCCNC(=O)C1(CCOC)CCCC1.Cl. The Balaban J connectivity index is 0.00000361. The van der Waals surface area contributed by atoms with Gasteiger partial charge in [-0.25, -0.2) is 0 Å². The molecule has 1 aliphatic rings. The maximum atomic E-state index is 12.3. The van der Waals surface area contributed by atoms with Crippen LogP contribution in [0.25, 0.3) is 0 Å². The van der Waals surface area contributed by atoms with Gasteiger partial charge in [0, 0.05) is 40.5 Å². The lowest BCUT2D eigenvalue weighted by Crippen LogP contribution is -2.42. The van der Waals surface area contributed by atoms with Gasteiger partial charge in [-0.05, 0) is 19.3 Å². The first-order valence-corrected chi connectivity index (χ1v) is 7.22. The number of hydrogen-bond acceptors (Lipinski definition) is 4. The molecule has 1 aliphatic carbocycles. The summed E-state index contributed by atoms with van der Waals surface area (Å²) in [5.74, 6) is 0.204. The number of carbonyl (C=O) groups excluding carboxylic acids is 1. The number of carbonyl (C=O) groups is 1. The van der Waals surface area contributed by atoms with Gasteiger partial charge in [-0.1, -0.05) is 12.8 Å². The topological polar surface area (TPSA) is 59.6 Å². The van der Waals surface area contributed by atoms with Crippen LogP contribution in [0.3, 0.4) is 0 Å². The highest BCUT2D eigenvalue weighted by Gasteiger charge is 2.40. The third-order valence-electron chi connectivity index (χ3n) is 3.90. The van der Waals surface area contributed by atoms with Crippen LogP contribution < -0.4 is 10.6 Å². The van der Waals surface area contributed by atoms with Gasteiger partial charge in [-0.3, -0.25) is 4.79 Å². The Hall–Kier alpha value is -0.360. The van der Waals surface area contributed by atoms with Crippen LogP contribution in [0.2, 0.25) is 0 Å². The number of rotatable bonds is 10. The van der Waals surface area contributed by atoms with Crippen molar-refractivity contribution in [2.75, 3.05) is 47.1 Å². The Morgan fingerprint density at radius 2 is 1.70 bits per heavy atom. The van der Waals surface area contributed by atoms with Crippen LogP contribution in [0, 0.1) is 5.41 Å². The van der Waals surface area contributed by atoms with E-state index in [2.05, 4.69) is 10.6 Å². The Bertz CT molecular complexity index is 259. The van der Waals surface area contributed by atoms with E-state index < -0.39 is 0 Å². The molecule has 0 aromatic carbocycles. The van der Waals surface area contributed by atoms with Crippen molar-refractivity contribution in [1.82, 2.24) is 10.6 Å². The van der Waals surface area contributed by atoms with E-state index >= 15 is 0 Å². The molecule has 1 saturated carbocycles. The third kappa shape index (κ3) is 6.39. The maximum absolute atomic E-state index is 12.3. The molecular weight excluding hydrogens is 280 g/mol. The van der Waals surface area contributed by atoms with E-state index in [1.165, 1.54) is 0 Å². The van der Waals surface area contributed by atoms with Crippen molar-refractivity contribution in [2.45, 2.75) is 32.1 Å². The molecule has 6 heteroatoms. The van der Waals surface area contributed by atoms with Gasteiger partial charge in [-0.2, -0.15) is 0 Å². The van der Waals surface area contributed by atoms with Crippen molar-refractivity contribution >= 4 is 18.3 Å². The first-order valence-electron chi connectivity index (χ1n) is 7.22. The normalized spacial score (nSPS) is 16.7. The molecule has 0 saturated heterocycles. The lowest BCUT2D eigenvalue weighted by Gasteiger charge is -2.27. The minimum Gasteiger partial charge on any atom is -0.385 e. The van der Waals surface area contributed by atoms with E-state index in [4.69, 9.17) is 9.47 Å². The molecular formula is C14H29ClN2O3. The predicted octanol–water partition coefficient (Wildman–Crippen LogP) is 1.36. The van der Waals surface area contributed by atoms with Crippen LogP contribution in [0.1, 0.15) is 32.1 Å². The number of methoxy groups -OCH3 is 2.